The number of rotatable bonds is 7. The first-order valence-corrected chi connectivity index (χ1v) is 6.71. The molecule has 2 heteroatoms. The molecule has 84 valence electrons. The average molecular weight is 224 g/mol. The molecule has 0 aromatic carbocycles. The molecule has 1 nitrogen and oxygen atoms in total. The molecule has 1 heterocycles. The first-order chi connectivity index (χ1) is 7.31. The van der Waals surface area contributed by atoms with Crippen LogP contribution >= 0.6 is 11.3 Å². The van der Waals surface area contributed by atoms with E-state index in [2.05, 4.69) is 19.9 Å². The van der Waals surface area contributed by atoms with Gasteiger partial charge in [0, 0.05) is 0 Å². The van der Waals surface area contributed by atoms with Crippen molar-refractivity contribution >= 4 is 17.6 Å². The number of carbonyl (C=O) groups excluding carboxylic acids is 1. The van der Waals surface area contributed by atoms with Gasteiger partial charge in [-0.15, -0.1) is 11.3 Å². The van der Waals surface area contributed by atoms with Crippen molar-refractivity contribution < 1.29 is 4.79 Å². The van der Waals surface area contributed by atoms with Crippen LogP contribution in [0.1, 0.15) is 54.8 Å². The third kappa shape index (κ3) is 3.78. The zero-order valence-corrected chi connectivity index (χ0v) is 10.5. The number of aldehydes is 1. The van der Waals surface area contributed by atoms with Gasteiger partial charge in [0.1, 0.15) is 0 Å². The van der Waals surface area contributed by atoms with Crippen molar-refractivity contribution in [2.24, 2.45) is 5.92 Å². The molecule has 0 amide bonds. The summed E-state index contributed by atoms with van der Waals surface area (Å²) in [4.78, 5) is 11.7. The van der Waals surface area contributed by atoms with Crippen LogP contribution in [0.2, 0.25) is 0 Å². The normalized spacial score (nSPS) is 12.7. The summed E-state index contributed by atoms with van der Waals surface area (Å²) in [5.74, 6) is 0.748. The molecule has 1 unspecified atom stereocenters. The molecule has 0 aliphatic heterocycles. The molecular formula is C13H20OS. The summed E-state index contributed by atoms with van der Waals surface area (Å²) < 4.78 is 0. The fourth-order valence-corrected chi connectivity index (χ4v) is 2.61. The zero-order valence-electron chi connectivity index (χ0n) is 9.66. The summed E-state index contributed by atoms with van der Waals surface area (Å²) in [5, 5.41) is 2.02. The van der Waals surface area contributed by atoms with E-state index in [4.69, 9.17) is 0 Å². The van der Waals surface area contributed by atoms with E-state index in [9.17, 15) is 4.79 Å². The van der Waals surface area contributed by atoms with E-state index in [1.165, 1.54) is 31.2 Å². The fourth-order valence-electron chi connectivity index (χ4n) is 1.87. The molecule has 1 rings (SSSR count). The van der Waals surface area contributed by atoms with Gasteiger partial charge in [-0.3, -0.25) is 4.79 Å². The van der Waals surface area contributed by atoms with Crippen LogP contribution in [0.5, 0.6) is 0 Å². The second-order valence-corrected chi connectivity index (χ2v) is 5.00. The van der Waals surface area contributed by atoms with E-state index >= 15 is 0 Å². The summed E-state index contributed by atoms with van der Waals surface area (Å²) in [7, 11) is 0. The van der Waals surface area contributed by atoms with Gasteiger partial charge in [0.05, 0.1) is 4.88 Å². The van der Waals surface area contributed by atoms with Crippen LogP contribution < -0.4 is 0 Å². The highest BCUT2D eigenvalue weighted by molar-refractivity contribution is 7.11. The van der Waals surface area contributed by atoms with Gasteiger partial charge in [-0.2, -0.15) is 0 Å². The van der Waals surface area contributed by atoms with Crippen molar-refractivity contribution in [3.8, 4) is 0 Å². The third-order valence-electron chi connectivity index (χ3n) is 2.94. The number of hydrogen-bond donors (Lipinski definition) is 0. The number of unbranched alkanes of at least 4 members (excludes halogenated alkanes) is 1. The maximum absolute atomic E-state index is 10.8. The van der Waals surface area contributed by atoms with Crippen molar-refractivity contribution in [3.05, 3.63) is 21.9 Å². The molecule has 0 saturated heterocycles. The Morgan fingerprint density at radius 2 is 2.27 bits per heavy atom. The Morgan fingerprint density at radius 3 is 2.87 bits per heavy atom. The Morgan fingerprint density at radius 1 is 1.47 bits per heavy atom. The number of hydrogen-bond acceptors (Lipinski definition) is 2. The van der Waals surface area contributed by atoms with Crippen LogP contribution in [0.25, 0.3) is 0 Å². The van der Waals surface area contributed by atoms with Gasteiger partial charge in [0.25, 0.3) is 0 Å². The maximum atomic E-state index is 10.8. The highest BCUT2D eigenvalue weighted by Gasteiger charge is 2.10. The fraction of sp³-hybridized carbons (Fsp3) is 0.615. The smallest absolute Gasteiger partial charge is 0.160 e. The van der Waals surface area contributed by atoms with E-state index < -0.39 is 0 Å². The summed E-state index contributed by atoms with van der Waals surface area (Å²) in [6.07, 6.45) is 7.15. The van der Waals surface area contributed by atoms with Gasteiger partial charge in [-0.25, -0.2) is 0 Å². The second kappa shape index (κ2) is 6.78. The van der Waals surface area contributed by atoms with Gasteiger partial charge in [-0.05, 0) is 29.3 Å². The van der Waals surface area contributed by atoms with E-state index in [0.717, 1.165) is 23.5 Å². The Balaban J connectivity index is 2.54. The van der Waals surface area contributed by atoms with E-state index in [1.54, 1.807) is 11.3 Å². The predicted octanol–water partition coefficient (Wildman–Crippen LogP) is 4.32. The molecule has 0 saturated carbocycles. The van der Waals surface area contributed by atoms with E-state index in [0.29, 0.717) is 0 Å². The maximum Gasteiger partial charge on any atom is 0.160 e. The highest BCUT2D eigenvalue weighted by Crippen LogP contribution is 2.23. The van der Waals surface area contributed by atoms with Crippen molar-refractivity contribution in [3.63, 3.8) is 0 Å². The van der Waals surface area contributed by atoms with Crippen LogP contribution in [-0.4, -0.2) is 6.29 Å². The SMILES string of the molecule is CCCCC(CC)Cc1ccsc1C=O. The summed E-state index contributed by atoms with van der Waals surface area (Å²) in [5.41, 5.74) is 1.25. The Labute approximate surface area is 96.5 Å². The monoisotopic (exact) mass is 224 g/mol. The highest BCUT2D eigenvalue weighted by atomic mass is 32.1. The van der Waals surface area contributed by atoms with E-state index in [-0.39, 0.29) is 0 Å². The molecule has 1 atom stereocenters. The minimum Gasteiger partial charge on any atom is -0.297 e. The quantitative estimate of drug-likeness (QED) is 0.630. The lowest BCUT2D eigenvalue weighted by Gasteiger charge is -2.13. The van der Waals surface area contributed by atoms with Gasteiger partial charge in [-0.1, -0.05) is 39.5 Å². The minimum absolute atomic E-state index is 0.748. The van der Waals surface area contributed by atoms with Gasteiger partial charge >= 0.3 is 0 Å². The summed E-state index contributed by atoms with van der Waals surface area (Å²) >= 11 is 1.56. The van der Waals surface area contributed by atoms with Crippen LogP contribution in [-0.2, 0) is 6.42 Å². The molecule has 15 heavy (non-hydrogen) atoms. The first-order valence-electron chi connectivity index (χ1n) is 5.83. The average Bonchev–Trinajstić information content (AvgIpc) is 2.71. The topological polar surface area (TPSA) is 17.1 Å². The Hall–Kier alpha value is -0.630. The molecule has 0 aliphatic carbocycles. The molecule has 0 fully saturated rings. The zero-order chi connectivity index (χ0) is 11.1. The lowest BCUT2D eigenvalue weighted by Crippen LogP contribution is -2.03. The van der Waals surface area contributed by atoms with Crippen molar-refractivity contribution in [1.82, 2.24) is 0 Å². The van der Waals surface area contributed by atoms with Crippen LogP contribution in [0.3, 0.4) is 0 Å². The molecule has 0 bridgehead atoms. The number of thiophene rings is 1. The molecule has 1 aromatic rings. The molecule has 1 aromatic heterocycles. The van der Waals surface area contributed by atoms with Crippen molar-refractivity contribution in [2.75, 3.05) is 0 Å². The molecular weight excluding hydrogens is 204 g/mol. The van der Waals surface area contributed by atoms with Crippen molar-refractivity contribution in [2.45, 2.75) is 46.0 Å². The largest absolute Gasteiger partial charge is 0.297 e. The van der Waals surface area contributed by atoms with Crippen molar-refractivity contribution in [1.29, 1.82) is 0 Å². The molecule has 0 spiro atoms. The summed E-state index contributed by atoms with van der Waals surface area (Å²) in [6.45, 7) is 4.47. The molecule has 0 aliphatic rings. The second-order valence-electron chi connectivity index (χ2n) is 4.05. The molecule has 0 N–H and O–H groups in total. The van der Waals surface area contributed by atoms with Gasteiger partial charge < -0.3 is 0 Å². The van der Waals surface area contributed by atoms with Gasteiger partial charge in [0.15, 0.2) is 6.29 Å². The molecule has 0 radical (unpaired) electrons. The van der Waals surface area contributed by atoms with E-state index in [1.807, 2.05) is 5.38 Å². The Kier molecular flexibility index (Phi) is 5.62. The predicted molar refractivity (Wildman–Crippen MR) is 66.7 cm³/mol. The van der Waals surface area contributed by atoms with Crippen LogP contribution in [0, 0.1) is 5.92 Å². The number of carbonyl (C=O) groups is 1. The van der Waals surface area contributed by atoms with Crippen LogP contribution in [0.15, 0.2) is 11.4 Å². The lowest BCUT2D eigenvalue weighted by atomic mass is 9.92. The standard InChI is InChI=1S/C13H20OS/c1-3-5-6-11(4-2)9-12-7-8-15-13(12)10-14/h7-8,10-11H,3-6,9H2,1-2H3. The van der Waals surface area contributed by atoms with Gasteiger partial charge in [0.2, 0.25) is 0 Å². The minimum atomic E-state index is 0.748. The summed E-state index contributed by atoms with van der Waals surface area (Å²) in [6, 6.07) is 2.10. The first kappa shape index (κ1) is 12.4. The lowest BCUT2D eigenvalue weighted by molar-refractivity contribution is 0.112. The third-order valence-corrected chi connectivity index (χ3v) is 3.82. The Bertz CT molecular complexity index is 290. The van der Waals surface area contributed by atoms with Crippen LogP contribution in [0.4, 0.5) is 0 Å².